The highest BCUT2D eigenvalue weighted by molar-refractivity contribution is 5.92. The van der Waals surface area contributed by atoms with Crippen molar-refractivity contribution < 1.29 is 9.53 Å². The Hall–Kier alpha value is -1.51. The van der Waals surface area contributed by atoms with Crippen molar-refractivity contribution in [2.45, 2.75) is 40.2 Å². The van der Waals surface area contributed by atoms with Crippen molar-refractivity contribution in [2.24, 2.45) is 5.92 Å². The normalized spacial score (nSPS) is 10.7. The number of hydrogen-bond acceptors (Lipinski definition) is 2. The van der Waals surface area contributed by atoms with Crippen molar-refractivity contribution in [3.05, 3.63) is 24.3 Å². The van der Waals surface area contributed by atoms with Crippen LogP contribution in [0.3, 0.4) is 0 Å². The van der Waals surface area contributed by atoms with Crippen LogP contribution < -0.4 is 10.1 Å². The minimum absolute atomic E-state index is 0.0276. The lowest BCUT2D eigenvalue weighted by Crippen LogP contribution is -2.15. The zero-order valence-corrected chi connectivity index (χ0v) is 11.0. The molecule has 94 valence electrons. The maximum Gasteiger partial charge on any atom is 0.224 e. The number of hydrogen-bond donors (Lipinski definition) is 1. The van der Waals surface area contributed by atoms with Crippen LogP contribution in [0.15, 0.2) is 24.3 Å². The molecule has 0 heterocycles. The van der Waals surface area contributed by atoms with Gasteiger partial charge in [0.1, 0.15) is 5.75 Å². The molecule has 0 unspecified atom stereocenters. The van der Waals surface area contributed by atoms with Gasteiger partial charge in [-0.3, -0.25) is 4.79 Å². The molecule has 0 fully saturated rings. The van der Waals surface area contributed by atoms with Gasteiger partial charge in [-0.1, -0.05) is 26.0 Å². The van der Waals surface area contributed by atoms with Crippen molar-refractivity contribution in [3.8, 4) is 5.75 Å². The molecule has 0 saturated carbocycles. The monoisotopic (exact) mass is 235 g/mol. The van der Waals surface area contributed by atoms with Crippen LogP contribution in [0.5, 0.6) is 5.75 Å². The molecule has 3 heteroatoms. The predicted octanol–water partition coefficient (Wildman–Crippen LogP) is 3.46. The molecule has 0 spiro atoms. The summed E-state index contributed by atoms with van der Waals surface area (Å²) in [4.78, 5) is 11.7. The molecule has 0 aromatic heterocycles. The number of para-hydroxylation sites is 2. The third kappa shape index (κ3) is 4.89. The fourth-order valence-electron chi connectivity index (χ4n) is 1.50. The SMILES string of the molecule is CC(C)CC(=O)Nc1ccccc1OC(C)C. The second kappa shape index (κ2) is 6.28. The summed E-state index contributed by atoms with van der Waals surface area (Å²) in [7, 11) is 0. The zero-order chi connectivity index (χ0) is 12.8. The molecule has 1 aromatic carbocycles. The molecule has 1 rings (SSSR count). The van der Waals surface area contributed by atoms with E-state index in [0.717, 1.165) is 11.4 Å². The Morgan fingerprint density at radius 1 is 1.24 bits per heavy atom. The van der Waals surface area contributed by atoms with E-state index >= 15 is 0 Å². The number of ether oxygens (including phenoxy) is 1. The highest BCUT2D eigenvalue weighted by Crippen LogP contribution is 2.25. The van der Waals surface area contributed by atoms with Gasteiger partial charge < -0.3 is 10.1 Å². The van der Waals surface area contributed by atoms with Gasteiger partial charge in [-0.05, 0) is 31.9 Å². The maximum absolute atomic E-state index is 11.7. The molecule has 1 aromatic rings. The van der Waals surface area contributed by atoms with Gasteiger partial charge in [0.15, 0.2) is 0 Å². The van der Waals surface area contributed by atoms with E-state index in [2.05, 4.69) is 5.32 Å². The Kier molecular flexibility index (Phi) is 5.01. The Bertz CT molecular complexity index is 372. The van der Waals surface area contributed by atoms with Crippen LogP contribution in [-0.2, 0) is 4.79 Å². The topological polar surface area (TPSA) is 38.3 Å². The summed E-state index contributed by atoms with van der Waals surface area (Å²) in [5.74, 6) is 1.10. The second-order valence-electron chi connectivity index (χ2n) is 4.81. The lowest BCUT2D eigenvalue weighted by atomic mass is 10.1. The summed E-state index contributed by atoms with van der Waals surface area (Å²) in [5.41, 5.74) is 0.742. The minimum Gasteiger partial charge on any atom is -0.489 e. The average molecular weight is 235 g/mol. The Morgan fingerprint density at radius 3 is 2.47 bits per heavy atom. The molecule has 3 nitrogen and oxygen atoms in total. The molecule has 0 aliphatic carbocycles. The van der Waals surface area contributed by atoms with E-state index in [1.165, 1.54) is 0 Å². The van der Waals surface area contributed by atoms with Crippen LogP contribution >= 0.6 is 0 Å². The molecule has 0 aliphatic rings. The fourth-order valence-corrected chi connectivity index (χ4v) is 1.50. The van der Waals surface area contributed by atoms with Crippen molar-refractivity contribution in [3.63, 3.8) is 0 Å². The Labute approximate surface area is 103 Å². The number of benzene rings is 1. The van der Waals surface area contributed by atoms with E-state index in [1.54, 1.807) is 0 Å². The summed E-state index contributed by atoms with van der Waals surface area (Å²) < 4.78 is 5.64. The molecule has 0 atom stereocenters. The number of anilines is 1. The summed E-state index contributed by atoms with van der Waals surface area (Å²) in [6, 6.07) is 7.51. The summed E-state index contributed by atoms with van der Waals surface area (Å²) in [6.07, 6.45) is 0.619. The average Bonchev–Trinajstić information content (AvgIpc) is 2.18. The van der Waals surface area contributed by atoms with Crippen LogP contribution in [0.4, 0.5) is 5.69 Å². The van der Waals surface area contributed by atoms with Gasteiger partial charge in [0.05, 0.1) is 11.8 Å². The van der Waals surface area contributed by atoms with Crippen molar-refractivity contribution in [1.82, 2.24) is 0 Å². The predicted molar refractivity (Wildman–Crippen MR) is 70.3 cm³/mol. The number of carbonyl (C=O) groups excluding carboxylic acids is 1. The Morgan fingerprint density at radius 2 is 1.88 bits per heavy atom. The molecule has 1 amide bonds. The minimum atomic E-state index is 0.0276. The third-order valence-electron chi connectivity index (χ3n) is 2.12. The molecule has 1 N–H and O–H groups in total. The molecule has 0 bridgehead atoms. The van der Waals surface area contributed by atoms with E-state index in [9.17, 15) is 4.79 Å². The fraction of sp³-hybridized carbons (Fsp3) is 0.500. The number of nitrogens with one attached hydrogen (secondary N) is 1. The van der Waals surface area contributed by atoms with Gasteiger partial charge in [-0.25, -0.2) is 0 Å². The largest absolute Gasteiger partial charge is 0.489 e. The molecule has 0 radical (unpaired) electrons. The molecule has 17 heavy (non-hydrogen) atoms. The van der Waals surface area contributed by atoms with E-state index in [-0.39, 0.29) is 12.0 Å². The molecule has 0 saturated heterocycles. The van der Waals surface area contributed by atoms with Crippen LogP contribution in [-0.4, -0.2) is 12.0 Å². The van der Waals surface area contributed by atoms with Gasteiger partial charge in [-0.15, -0.1) is 0 Å². The zero-order valence-electron chi connectivity index (χ0n) is 11.0. The third-order valence-corrected chi connectivity index (χ3v) is 2.12. The lowest BCUT2D eigenvalue weighted by Gasteiger charge is -2.15. The van der Waals surface area contributed by atoms with Crippen molar-refractivity contribution >= 4 is 11.6 Å². The van der Waals surface area contributed by atoms with Gasteiger partial charge in [-0.2, -0.15) is 0 Å². The highest BCUT2D eigenvalue weighted by Gasteiger charge is 2.09. The second-order valence-corrected chi connectivity index (χ2v) is 4.81. The van der Waals surface area contributed by atoms with E-state index in [0.29, 0.717) is 12.3 Å². The van der Waals surface area contributed by atoms with Gasteiger partial charge >= 0.3 is 0 Å². The standard InChI is InChI=1S/C14H21NO2/c1-10(2)9-14(16)15-12-7-5-6-8-13(12)17-11(3)4/h5-8,10-11H,9H2,1-4H3,(H,15,16). The van der Waals surface area contributed by atoms with Crippen LogP contribution in [0, 0.1) is 5.92 Å². The summed E-state index contributed by atoms with van der Waals surface area (Å²) in [6.45, 7) is 7.98. The lowest BCUT2D eigenvalue weighted by molar-refractivity contribution is -0.116. The number of amides is 1. The number of rotatable bonds is 5. The number of carbonyl (C=O) groups is 1. The van der Waals surface area contributed by atoms with Crippen molar-refractivity contribution in [1.29, 1.82) is 0 Å². The first-order valence-electron chi connectivity index (χ1n) is 6.04. The van der Waals surface area contributed by atoms with E-state index in [4.69, 9.17) is 4.74 Å². The Balaban J connectivity index is 2.72. The van der Waals surface area contributed by atoms with Gasteiger partial charge in [0, 0.05) is 6.42 Å². The maximum atomic E-state index is 11.7. The highest BCUT2D eigenvalue weighted by atomic mass is 16.5. The molecular formula is C14H21NO2. The van der Waals surface area contributed by atoms with Crippen LogP contribution in [0.1, 0.15) is 34.1 Å². The van der Waals surface area contributed by atoms with Crippen LogP contribution in [0.2, 0.25) is 0 Å². The van der Waals surface area contributed by atoms with Crippen LogP contribution in [0.25, 0.3) is 0 Å². The van der Waals surface area contributed by atoms with Crippen molar-refractivity contribution in [2.75, 3.05) is 5.32 Å². The summed E-state index contributed by atoms with van der Waals surface area (Å²) >= 11 is 0. The first kappa shape index (κ1) is 13.6. The van der Waals surface area contributed by atoms with Gasteiger partial charge in [0.2, 0.25) is 5.91 Å². The molecular weight excluding hydrogens is 214 g/mol. The van der Waals surface area contributed by atoms with E-state index < -0.39 is 0 Å². The van der Waals surface area contributed by atoms with E-state index in [1.807, 2.05) is 52.0 Å². The first-order chi connectivity index (χ1) is 7.99. The summed E-state index contributed by atoms with van der Waals surface area (Å²) in [5, 5.41) is 2.88. The van der Waals surface area contributed by atoms with Gasteiger partial charge in [0.25, 0.3) is 0 Å². The quantitative estimate of drug-likeness (QED) is 0.848. The smallest absolute Gasteiger partial charge is 0.224 e. The molecule has 0 aliphatic heterocycles. The first-order valence-corrected chi connectivity index (χ1v) is 6.04.